The van der Waals surface area contributed by atoms with Gasteiger partial charge in [0.05, 0.1) is 17.2 Å². The molecule has 3 heterocycles. The number of hydrogen-bond donors (Lipinski definition) is 1. The molecule has 1 amide bonds. The van der Waals surface area contributed by atoms with Gasteiger partial charge in [-0.15, -0.1) is 11.3 Å². The minimum absolute atomic E-state index is 0.0649. The SMILES string of the molecule is Cc1nn(CC(=O)Nc2nc(-c3ccc4c(c3)CCO4)cs2)c(C)c1[N+](=O)[O-]. The molecule has 28 heavy (non-hydrogen) atoms. The number of rotatable bonds is 5. The van der Waals surface area contributed by atoms with Crippen LogP contribution in [0.25, 0.3) is 11.3 Å². The van der Waals surface area contributed by atoms with Gasteiger partial charge in [-0.2, -0.15) is 5.10 Å². The summed E-state index contributed by atoms with van der Waals surface area (Å²) in [6.07, 6.45) is 0.881. The van der Waals surface area contributed by atoms with Gasteiger partial charge in [-0.3, -0.25) is 19.6 Å². The molecular weight excluding hydrogens is 382 g/mol. The summed E-state index contributed by atoms with van der Waals surface area (Å²) in [6, 6.07) is 5.93. The quantitative estimate of drug-likeness (QED) is 0.521. The average Bonchev–Trinajstić information content (AvgIpc) is 3.34. The van der Waals surface area contributed by atoms with Crippen LogP contribution in [0, 0.1) is 24.0 Å². The van der Waals surface area contributed by atoms with Crippen LogP contribution in [-0.2, 0) is 17.8 Å². The summed E-state index contributed by atoms with van der Waals surface area (Å²) in [5.74, 6) is 0.565. The van der Waals surface area contributed by atoms with Gasteiger partial charge in [0.2, 0.25) is 5.91 Å². The maximum atomic E-state index is 12.3. The molecule has 144 valence electrons. The van der Waals surface area contributed by atoms with Crippen LogP contribution < -0.4 is 10.1 Å². The summed E-state index contributed by atoms with van der Waals surface area (Å²) < 4.78 is 6.84. The Morgan fingerprint density at radius 3 is 3.00 bits per heavy atom. The van der Waals surface area contributed by atoms with Crippen molar-refractivity contribution in [3.05, 3.63) is 50.6 Å². The summed E-state index contributed by atoms with van der Waals surface area (Å²) in [7, 11) is 0. The number of carbonyl (C=O) groups excluding carboxylic acids is 1. The van der Waals surface area contributed by atoms with Crippen LogP contribution in [0.15, 0.2) is 23.6 Å². The maximum Gasteiger partial charge on any atom is 0.312 e. The van der Waals surface area contributed by atoms with Crippen molar-refractivity contribution in [2.24, 2.45) is 0 Å². The van der Waals surface area contributed by atoms with Gasteiger partial charge in [0.25, 0.3) is 0 Å². The molecule has 1 aromatic carbocycles. The number of ether oxygens (including phenoxy) is 1. The third kappa shape index (κ3) is 3.33. The van der Waals surface area contributed by atoms with E-state index in [4.69, 9.17) is 4.74 Å². The number of hydrogen-bond acceptors (Lipinski definition) is 7. The van der Waals surface area contributed by atoms with Crippen LogP contribution in [0.3, 0.4) is 0 Å². The summed E-state index contributed by atoms with van der Waals surface area (Å²) in [5, 5.41) is 20.2. The monoisotopic (exact) mass is 399 g/mol. The molecule has 0 unspecified atom stereocenters. The molecule has 4 rings (SSSR count). The molecule has 2 aromatic heterocycles. The summed E-state index contributed by atoms with van der Waals surface area (Å²) >= 11 is 1.32. The number of fused-ring (bicyclic) bond motifs is 1. The molecule has 10 heteroatoms. The highest BCUT2D eigenvalue weighted by atomic mass is 32.1. The van der Waals surface area contributed by atoms with Crippen LogP contribution in [0.5, 0.6) is 5.75 Å². The number of carbonyl (C=O) groups is 1. The summed E-state index contributed by atoms with van der Waals surface area (Å²) in [4.78, 5) is 27.4. The molecule has 0 radical (unpaired) electrons. The van der Waals surface area contributed by atoms with E-state index in [0.717, 1.165) is 29.0 Å². The minimum atomic E-state index is -0.485. The topological polar surface area (TPSA) is 112 Å². The Labute approximate surface area is 164 Å². The normalized spacial score (nSPS) is 12.5. The van der Waals surface area contributed by atoms with Crippen molar-refractivity contribution < 1.29 is 14.5 Å². The molecule has 0 fully saturated rings. The van der Waals surface area contributed by atoms with Crippen molar-refractivity contribution in [2.75, 3.05) is 11.9 Å². The molecular formula is C18H17N5O4S. The van der Waals surface area contributed by atoms with Gasteiger partial charge < -0.3 is 10.1 Å². The van der Waals surface area contributed by atoms with Crippen molar-refractivity contribution in [3.8, 4) is 17.0 Å². The fourth-order valence-electron chi connectivity index (χ4n) is 3.21. The zero-order valence-corrected chi connectivity index (χ0v) is 16.1. The zero-order chi connectivity index (χ0) is 19.8. The first-order chi connectivity index (χ1) is 13.4. The molecule has 1 aliphatic rings. The number of benzene rings is 1. The Hall–Kier alpha value is -3.27. The summed E-state index contributed by atoms with van der Waals surface area (Å²) in [5.41, 5.74) is 3.46. The van der Waals surface area contributed by atoms with Crippen molar-refractivity contribution in [1.29, 1.82) is 0 Å². The molecule has 9 nitrogen and oxygen atoms in total. The second-order valence-electron chi connectivity index (χ2n) is 6.44. The molecule has 3 aromatic rings. The first kappa shape index (κ1) is 18.1. The maximum absolute atomic E-state index is 12.3. The third-order valence-electron chi connectivity index (χ3n) is 4.55. The fraction of sp³-hybridized carbons (Fsp3) is 0.278. The van der Waals surface area contributed by atoms with E-state index in [1.165, 1.54) is 16.0 Å². The molecule has 0 saturated heterocycles. The average molecular weight is 399 g/mol. The van der Waals surface area contributed by atoms with Crippen LogP contribution in [-0.4, -0.2) is 32.2 Å². The molecule has 0 aliphatic carbocycles. The van der Waals surface area contributed by atoms with Crippen molar-refractivity contribution in [3.63, 3.8) is 0 Å². The third-order valence-corrected chi connectivity index (χ3v) is 5.31. The number of nitrogens with zero attached hydrogens (tertiary/aromatic N) is 4. The Bertz CT molecular complexity index is 1090. The molecule has 0 spiro atoms. The Morgan fingerprint density at radius 2 is 2.25 bits per heavy atom. The molecule has 0 atom stereocenters. The Kier molecular flexibility index (Phi) is 4.55. The van der Waals surface area contributed by atoms with E-state index in [0.29, 0.717) is 17.4 Å². The van der Waals surface area contributed by atoms with Crippen molar-refractivity contribution in [2.45, 2.75) is 26.8 Å². The predicted molar refractivity (Wildman–Crippen MR) is 104 cm³/mol. The highest BCUT2D eigenvalue weighted by Gasteiger charge is 2.23. The van der Waals surface area contributed by atoms with Gasteiger partial charge in [-0.05, 0) is 37.6 Å². The second-order valence-corrected chi connectivity index (χ2v) is 7.30. The van der Waals surface area contributed by atoms with Gasteiger partial charge in [0, 0.05) is 17.4 Å². The lowest BCUT2D eigenvalue weighted by molar-refractivity contribution is -0.386. The van der Waals surface area contributed by atoms with Crippen LogP contribution in [0.2, 0.25) is 0 Å². The lowest BCUT2D eigenvalue weighted by Crippen LogP contribution is -2.20. The highest BCUT2D eigenvalue weighted by molar-refractivity contribution is 7.14. The van der Waals surface area contributed by atoms with E-state index in [-0.39, 0.29) is 23.8 Å². The van der Waals surface area contributed by atoms with Crippen LogP contribution in [0.4, 0.5) is 10.8 Å². The number of thiazole rings is 1. The minimum Gasteiger partial charge on any atom is -0.493 e. The van der Waals surface area contributed by atoms with E-state index in [9.17, 15) is 14.9 Å². The van der Waals surface area contributed by atoms with Crippen molar-refractivity contribution in [1.82, 2.24) is 14.8 Å². The smallest absolute Gasteiger partial charge is 0.312 e. The molecule has 0 bridgehead atoms. The van der Waals surface area contributed by atoms with E-state index in [2.05, 4.69) is 21.5 Å². The molecule has 1 aliphatic heterocycles. The second kappa shape index (κ2) is 7.04. The van der Waals surface area contributed by atoms with Gasteiger partial charge in [-0.1, -0.05) is 0 Å². The first-order valence-corrected chi connectivity index (χ1v) is 9.50. The predicted octanol–water partition coefficient (Wildman–Crippen LogP) is 3.11. The van der Waals surface area contributed by atoms with Gasteiger partial charge in [-0.25, -0.2) is 4.98 Å². The van der Waals surface area contributed by atoms with Gasteiger partial charge in [0.1, 0.15) is 23.7 Å². The lowest BCUT2D eigenvalue weighted by atomic mass is 10.1. The fourth-order valence-corrected chi connectivity index (χ4v) is 3.95. The number of anilines is 1. The van der Waals surface area contributed by atoms with E-state index >= 15 is 0 Å². The standard InChI is InChI=1S/C18H17N5O4S/c1-10-17(23(25)26)11(2)22(21-10)8-16(24)20-18-19-14(9-28-18)12-3-4-15-13(7-12)5-6-27-15/h3-4,7,9H,5-6,8H2,1-2H3,(H,19,20,24). The number of amides is 1. The van der Waals surface area contributed by atoms with Gasteiger partial charge >= 0.3 is 5.69 Å². The van der Waals surface area contributed by atoms with Crippen LogP contribution >= 0.6 is 11.3 Å². The Balaban J connectivity index is 1.46. The Morgan fingerprint density at radius 1 is 1.43 bits per heavy atom. The van der Waals surface area contributed by atoms with E-state index < -0.39 is 4.92 Å². The number of aryl methyl sites for hydroxylation is 1. The molecule has 0 saturated carbocycles. The summed E-state index contributed by atoms with van der Waals surface area (Å²) in [6.45, 7) is 3.70. The largest absolute Gasteiger partial charge is 0.493 e. The zero-order valence-electron chi connectivity index (χ0n) is 15.3. The highest BCUT2D eigenvalue weighted by Crippen LogP contribution is 2.32. The number of aromatic nitrogens is 3. The van der Waals surface area contributed by atoms with Gasteiger partial charge in [0.15, 0.2) is 5.13 Å². The number of nitrogens with one attached hydrogen (secondary N) is 1. The van der Waals surface area contributed by atoms with E-state index in [1.54, 1.807) is 13.8 Å². The van der Waals surface area contributed by atoms with Crippen molar-refractivity contribution >= 4 is 28.1 Å². The van der Waals surface area contributed by atoms with Crippen LogP contribution in [0.1, 0.15) is 17.0 Å². The first-order valence-electron chi connectivity index (χ1n) is 8.62. The lowest BCUT2D eigenvalue weighted by Gasteiger charge is -2.04. The van der Waals surface area contributed by atoms with E-state index in [1.807, 2.05) is 17.5 Å². The number of nitro groups is 1. The molecule has 1 N–H and O–H groups in total.